The van der Waals surface area contributed by atoms with Gasteiger partial charge in [0.25, 0.3) is 0 Å². The van der Waals surface area contributed by atoms with Gasteiger partial charge in [0.1, 0.15) is 11.6 Å². The zero-order chi connectivity index (χ0) is 32.1. The Balaban J connectivity index is 1.05. The van der Waals surface area contributed by atoms with Crippen LogP contribution in [0.25, 0.3) is 22.6 Å². The highest BCUT2D eigenvalue weighted by molar-refractivity contribution is 5.67. The molecule has 0 radical (unpaired) electrons. The Morgan fingerprint density at radius 3 is 1.40 bits per heavy atom. The standard InChI is InChI=1S/C43H54N4/c1-39(2)33-9-7-31(17-34(33)40(3,4)41(39,5)6)35-10-8-32(24-44-35)36-45-37(42-18-25-11-26(19-42)13-27(12-25)20-42)47-38(46-36)43-21-28-14-29(22-43)16-30(15-28)23-43/h7-10,17,24-30H,11-16,18-23H2,1-6H3. The van der Waals surface area contributed by atoms with Crippen molar-refractivity contribution in [1.82, 2.24) is 19.9 Å². The molecule has 8 saturated carbocycles. The highest BCUT2D eigenvalue weighted by Crippen LogP contribution is 2.64. The van der Waals surface area contributed by atoms with Gasteiger partial charge in [0, 0.05) is 28.2 Å². The summed E-state index contributed by atoms with van der Waals surface area (Å²) in [4.78, 5) is 21.7. The van der Waals surface area contributed by atoms with Crippen LogP contribution in [0.4, 0.5) is 0 Å². The molecule has 0 aliphatic heterocycles. The largest absolute Gasteiger partial charge is 0.255 e. The molecule has 12 rings (SSSR count). The number of rotatable bonds is 4. The van der Waals surface area contributed by atoms with E-state index in [2.05, 4.69) is 78.1 Å². The van der Waals surface area contributed by atoms with Crippen LogP contribution in [0.3, 0.4) is 0 Å². The second-order valence-electron chi connectivity index (χ2n) is 19.8. The summed E-state index contributed by atoms with van der Waals surface area (Å²) in [5.74, 6) is 8.44. The third-order valence-corrected chi connectivity index (χ3v) is 16.5. The van der Waals surface area contributed by atoms with Gasteiger partial charge in [-0.2, -0.15) is 0 Å². The number of benzene rings is 1. The Hall–Kier alpha value is -2.62. The molecule has 9 aliphatic rings. The van der Waals surface area contributed by atoms with E-state index in [-0.39, 0.29) is 27.1 Å². The van der Waals surface area contributed by atoms with Crippen LogP contribution in [0, 0.1) is 40.9 Å². The summed E-state index contributed by atoms with van der Waals surface area (Å²) >= 11 is 0. The first-order valence-electron chi connectivity index (χ1n) is 19.2. The van der Waals surface area contributed by atoms with Crippen molar-refractivity contribution in [1.29, 1.82) is 0 Å². The van der Waals surface area contributed by atoms with Gasteiger partial charge in [-0.1, -0.05) is 53.7 Å². The zero-order valence-electron chi connectivity index (χ0n) is 29.7. The van der Waals surface area contributed by atoms with Crippen molar-refractivity contribution < 1.29 is 0 Å². The molecule has 47 heavy (non-hydrogen) atoms. The SMILES string of the molecule is CC1(C)c2ccc(-c3ccc(-c4nc(C56CC7CC(CC(C7)C5)C6)nc(C56CC7CC(CC(C7)C5)C6)n4)cn3)cc2C(C)(C)C1(C)C. The van der Waals surface area contributed by atoms with Crippen LogP contribution in [0.5, 0.6) is 0 Å². The summed E-state index contributed by atoms with van der Waals surface area (Å²) in [6.07, 6.45) is 18.5. The molecule has 0 N–H and O–H groups in total. The van der Waals surface area contributed by atoms with Crippen LogP contribution in [0.15, 0.2) is 36.5 Å². The molecular formula is C43H54N4. The van der Waals surface area contributed by atoms with Crippen LogP contribution in [0.1, 0.15) is 141 Å². The van der Waals surface area contributed by atoms with Gasteiger partial charge >= 0.3 is 0 Å². The van der Waals surface area contributed by atoms with Crippen LogP contribution in [-0.2, 0) is 21.7 Å². The first kappa shape index (κ1) is 29.3. The van der Waals surface area contributed by atoms with Crippen LogP contribution in [0.2, 0.25) is 0 Å². The van der Waals surface area contributed by atoms with Crippen molar-refractivity contribution in [2.24, 2.45) is 40.9 Å². The topological polar surface area (TPSA) is 51.6 Å². The van der Waals surface area contributed by atoms with E-state index in [4.69, 9.17) is 19.9 Å². The average molecular weight is 627 g/mol. The molecule has 0 unspecified atom stereocenters. The zero-order valence-corrected chi connectivity index (χ0v) is 29.7. The molecule has 8 fully saturated rings. The smallest absolute Gasteiger partial charge is 0.164 e. The minimum absolute atomic E-state index is 0.0774. The van der Waals surface area contributed by atoms with E-state index < -0.39 is 0 Å². The van der Waals surface area contributed by atoms with E-state index in [0.717, 1.165) is 64.2 Å². The Kier molecular flexibility index (Phi) is 5.82. The Bertz CT molecular complexity index is 1640. The lowest BCUT2D eigenvalue weighted by Crippen LogP contribution is -2.51. The minimum Gasteiger partial charge on any atom is -0.255 e. The number of fused-ring (bicyclic) bond motifs is 1. The number of hydrogen-bond donors (Lipinski definition) is 0. The number of aromatic nitrogens is 4. The highest BCUT2D eigenvalue weighted by Gasteiger charge is 2.58. The molecule has 2 heterocycles. The molecule has 3 aromatic rings. The Labute approximate surface area is 282 Å². The van der Waals surface area contributed by atoms with Gasteiger partial charge in [-0.05, 0) is 158 Å². The molecule has 0 spiro atoms. The lowest BCUT2D eigenvalue weighted by atomic mass is 9.49. The first-order chi connectivity index (χ1) is 22.3. The van der Waals surface area contributed by atoms with Crippen molar-refractivity contribution >= 4 is 0 Å². The van der Waals surface area contributed by atoms with Gasteiger partial charge in [0.15, 0.2) is 5.82 Å². The van der Waals surface area contributed by atoms with Crippen molar-refractivity contribution in [3.63, 3.8) is 0 Å². The molecule has 0 saturated heterocycles. The molecule has 246 valence electrons. The monoisotopic (exact) mass is 626 g/mol. The first-order valence-corrected chi connectivity index (χ1v) is 19.2. The van der Waals surface area contributed by atoms with E-state index in [1.807, 2.05) is 0 Å². The third-order valence-electron chi connectivity index (χ3n) is 16.5. The summed E-state index contributed by atoms with van der Waals surface area (Å²) < 4.78 is 0. The van der Waals surface area contributed by atoms with E-state index in [0.29, 0.717) is 0 Å². The third kappa shape index (κ3) is 3.99. The normalized spacial score (nSPS) is 39.4. The lowest BCUT2D eigenvalue weighted by Gasteiger charge is -2.57. The molecule has 8 bridgehead atoms. The molecule has 4 nitrogen and oxygen atoms in total. The fourth-order valence-corrected chi connectivity index (χ4v) is 13.7. The predicted octanol–water partition coefficient (Wildman–Crippen LogP) is 10.1. The van der Waals surface area contributed by atoms with Crippen LogP contribution < -0.4 is 0 Å². The fraction of sp³-hybridized carbons (Fsp3) is 0.674. The summed E-state index contributed by atoms with van der Waals surface area (Å²) in [7, 11) is 0. The predicted molar refractivity (Wildman–Crippen MR) is 188 cm³/mol. The van der Waals surface area contributed by atoms with E-state index in [1.165, 1.54) is 93.7 Å². The van der Waals surface area contributed by atoms with Gasteiger partial charge < -0.3 is 0 Å². The molecule has 0 atom stereocenters. The number of hydrogen-bond acceptors (Lipinski definition) is 4. The summed E-state index contributed by atoms with van der Waals surface area (Å²) in [5.41, 5.74) is 6.91. The number of nitrogens with zero attached hydrogens (tertiary/aromatic N) is 4. The van der Waals surface area contributed by atoms with Gasteiger partial charge in [0.05, 0.1) is 5.69 Å². The molecular weight excluding hydrogens is 573 g/mol. The molecule has 4 heteroatoms. The van der Waals surface area contributed by atoms with E-state index >= 15 is 0 Å². The second-order valence-corrected chi connectivity index (χ2v) is 19.8. The maximum atomic E-state index is 5.63. The van der Waals surface area contributed by atoms with Crippen LogP contribution in [-0.4, -0.2) is 19.9 Å². The lowest BCUT2D eigenvalue weighted by molar-refractivity contribution is -0.0155. The van der Waals surface area contributed by atoms with Gasteiger partial charge in [0.2, 0.25) is 0 Å². The Morgan fingerprint density at radius 2 is 0.957 bits per heavy atom. The average Bonchev–Trinajstić information content (AvgIpc) is 3.13. The van der Waals surface area contributed by atoms with Crippen LogP contribution >= 0.6 is 0 Å². The van der Waals surface area contributed by atoms with Gasteiger partial charge in [-0.15, -0.1) is 0 Å². The van der Waals surface area contributed by atoms with Crippen molar-refractivity contribution in [3.05, 3.63) is 59.3 Å². The van der Waals surface area contributed by atoms with Gasteiger partial charge in [-0.3, -0.25) is 4.98 Å². The summed E-state index contributed by atoms with van der Waals surface area (Å²) in [6, 6.07) is 11.6. The summed E-state index contributed by atoms with van der Waals surface area (Å²) in [5, 5.41) is 0. The molecule has 0 amide bonds. The molecule has 1 aromatic carbocycles. The van der Waals surface area contributed by atoms with Crippen molar-refractivity contribution in [2.75, 3.05) is 0 Å². The fourth-order valence-electron chi connectivity index (χ4n) is 13.7. The Morgan fingerprint density at radius 1 is 0.511 bits per heavy atom. The van der Waals surface area contributed by atoms with E-state index in [9.17, 15) is 0 Å². The number of pyridine rings is 1. The molecule has 2 aromatic heterocycles. The second kappa shape index (κ2) is 9.33. The van der Waals surface area contributed by atoms with Crippen molar-refractivity contribution in [3.8, 4) is 22.6 Å². The highest BCUT2D eigenvalue weighted by atomic mass is 15.1. The quantitative estimate of drug-likeness (QED) is 0.289. The van der Waals surface area contributed by atoms with E-state index in [1.54, 1.807) is 0 Å². The van der Waals surface area contributed by atoms with Crippen molar-refractivity contribution in [2.45, 2.75) is 140 Å². The maximum Gasteiger partial charge on any atom is 0.164 e. The minimum atomic E-state index is 0.0774. The summed E-state index contributed by atoms with van der Waals surface area (Å²) in [6.45, 7) is 14.5. The molecule has 9 aliphatic carbocycles. The van der Waals surface area contributed by atoms with Gasteiger partial charge in [-0.25, -0.2) is 15.0 Å². The maximum absolute atomic E-state index is 5.63.